The van der Waals surface area contributed by atoms with Gasteiger partial charge in [-0.15, -0.1) is 0 Å². The van der Waals surface area contributed by atoms with Gasteiger partial charge in [-0.1, -0.05) is 48.0 Å². The summed E-state index contributed by atoms with van der Waals surface area (Å²) in [7, 11) is 0. The summed E-state index contributed by atoms with van der Waals surface area (Å²) in [6, 6.07) is 24.9. The van der Waals surface area contributed by atoms with Crippen molar-refractivity contribution in [1.29, 1.82) is 0 Å². The molecule has 1 amide bonds. The molecule has 0 unspecified atom stereocenters. The first-order valence-corrected chi connectivity index (χ1v) is 11.9. The first-order valence-electron chi connectivity index (χ1n) is 11.5. The highest BCUT2D eigenvalue weighted by atomic mass is 35.5. The molecule has 174 valence electrons. The number of H-pyrrole nitrogens is 1. The normalized spacial score (nSPS) is 11.1. The van der Waals surface area contributed by atoms with Crippen LogP contribution in [0.5, 0.6) is 0 Å². The van der Waals surface area contributed by atoms with Crippen LogP contribution in [0.15, 0.2) is 78.9 Å². The fraction of sp³-hybridized carbons (Fsp3) is 0.138. The van der Waals surface area contributed by atoms with E-state index >= 15 is 0 Å². The molecule has 0 saturated carbocycles. The average Bonchev–Trinajstić information content (AvgIpc) is 3.21. The maximum Gasteiger partial charge on any atom is 0.224 e. The third-order valence-electron chi connectivity index (χ3n) is 6.11. The van der Waals surface area contributed by atoms with Gasteiger partial charge in [-0.25, -0.2) is 4.98 Å². The number of fused-ring (bicyclic) bond motifs is 2. The molecule has 0 fully saturated rings. The molecule has 0 saturated heterocycles. The lowest BCUT2D eigenvalue weighted by molar-refractivity contribution is -0.116. The summed E-state index contributed by atoms with van der Waals surface area (Å²) in [5.41, 5.74) is 6.02. The molecule has 5 rings (SSSR count). The van der Waals surface area contributed by atoms with Gasteiger partial charge in [0.25, 0.3) is 0 Å². The predicted octanol–water partition coefficient (Wildman–Crippen LogP) is 7.20. The molecule has 6 heteroatoms. The maximum absolute atomic E-state index is 12.6. The number of nitrogens with zero attached hydrogens (tertiary/aromatic N) is 1. The van der Waals surface area contributed by atoms with Crippen molar-refractivity contribution in [3.8, 4) is 11.4 Å². The second kappa shape index (κ2) is 9.72. The molecule has 2 aromatic heterocycles. The van der Waals surface area contributed by atoms with Crippen LogP contribution in [0.25, 0.3) is 33.2 Å². The lowest BCUT2D eigenvalue weighted by Gasteiger charge is -2.08. The molecule has 3 aromatic carbocycles. The van der Waals surface area contributed by atoms with Crippen LogP contribution in [0.3, 0.4) is 0 Å². The molecule has 5 nitrogen and oxygen atoms in total. The van der Waals surface area contributed by atoms with Crippen molar-refractivity contribution in [3.05, 3.63) is 95.0 Å². The summed E-state index contributed by atoms with van der Waals surface area (Å²) in [5, 5.41) is 5.69. The van der Waals surface area contributed by atoms with Gasteiger partial charge >= 0.3 is 0 Å². The van der Waals surface area contributed by atoms with Crippen LogP contribution in [0.4, 0.5) is 5.69 Å². The predicted molar refractivity (Wildman–Crippen MR) is 142 cm³/mol. The van der Waals surface area contributed by atoms with Crippen LogP contribution >= 0.6 is 11.6 Å². The Bertz CT molecular complexity index is 1570. The van der Waals surface area contributed by atoms with E-state index in [0.29, 0.717) is 35.5 Å². The topological polar surface area (TPSA) is 74.8 Å². The van der Waals surface area contributed by atoms with Crippen molar-refractivity contribution in [2.24, 2.45) is 0 Å². The van der Waals surface area contributed by atoms with Gasteiger partial charge in [0, 0.05) is 39.0 Å². The minimum atomic E-state index is -0.0889. The van der Waals surface area contributed by atoms with Crippen LogP contribution < -0.4 is 5.32 Å². The summed E-state index contributed by atoms with van der Waals surface area (Å²) >= 11 is 6.32. The van der Waals surface area contributed by atoms with Crippen molar-refractivity contribution in [3.63, 3.8) is 0 Å². The van der Waals surface area contributed by atoms with E-state index in [9.17, 15) is 9.59 Å². The first-order chi connectivity index (χ1) is 17.0. The molecule has 0 spiro atoms. The van der Waals surface area contributed by atoms with Crippen molar-refractivity contribution in [2.75, 3.05) is 5.32 Å². The average molecular weight is 482 g/mol. The van der Waals surface area contributed by atoms with Crippen LogP contribution in [-0.4, -0.2) is 21.7 Å². The SMILES string of the molecule is CC(=O)c1cccc(NC(=O)CCCc2c(-c3ccc4ccccc4n3)[nH]c3ccc(Cl)cc23)c1. The number of amides is 1. The highest BCUT2D eigenvalue weighted by Crippen LogP contribution is 2.33. The molecule has 0 aliphatic rings. The van der Waals surface area contributed by atoms with E-state index in [1.54, 1.807) is 24.3 Å². The summed E-state index contributed by atoms with van der Waals surface area (Å²) in [6.07, 6.45) is 1.69. The fourth-order valence-electron chi connectivity index (χ4n) is 4.37. The Morgan fingerprint density at radius 3 is 2.69 bits per heavy atom. The number of hydrogen-bond donors (Lipinski definition) is 2. The van der Waals surface area contributed by atoms with E-state index in [4.69, 9.17) is 16.6 Å². The number of pyridine rings is 1. The van der Waals surface area contributed by atoms with E-state index < -0.39 is 0 Å². The number of benzene rings is 3. The number of halogens is 1. The molecule has 0 aliphatic heterocycles. The molecular weight excluding hydrogens is 458 g/mol. The molecule has 2 N–H and O–H groups in total. The number of carbonyl (C=O) groups excluding carboxylic acids is 2. The minimum Gasteiger partial charge on any atom is -0.353 e. The summed E-state index contributed by atoms with van der Waals surface area (Å²) in [5.74, 6) is -0.122. The fourth-order valence-corrected chi connectivity index (χ4v) is 4.54. The van der Waals surface area contributed by atoms with E-state index in [1.807, 2.05) is 48.5 Å². The highest BCUT2D eigenvalue weighted by Gasteiger charge is 2.16. The van der Waals surface area contributed by atoms with Crippen LogP contribution in [0.1, 0.15) is 35.7 Å². The maximum atomic E-state index is 12.6. The van der Waals surface area contributed by atoms with Crippen LogP contribution in [-0.2, 0) is 11.2 Å². The number of ketones is 1. The number of aryl methyl sites for hydroxylation is 1. The van der Waals surface area contributed by atoms with E-state index in [1.165, 1.54) is 6.92 Å². The molecular formula is C29H24ClN3O2. The lowest BCUT2D eigenvalue weighted by atomic mass is 10.0. The number of rotatable bonds is 7. The van der Waals surface area contributed by atoms with Crippen molar-refractivity contribution in [2.45, 2.75) is 26.2 Å². The minimum absolute atomic E-state index is 0.0334. The largest absolute Gasteiger partial charge is 0.353 e. The van der Waals surface area contributed by atoms with E-state index in [-0.39, 0.29) is 11.7 Å². The Labute approximate surface area is 208 Å². The number of carbonyl (C=O) groups is 2. The smallest absolute Gasteiger partial charge is 0.224 e. The number of anilines is 1. The Morgan fingerprint density at radius 1 is 0.971 bits per heavy atom. The zero-order valence-corrected chi connectivity index (χ0v) is 20.0. The number of aromatic amines is 1. The molecule has 5 aromatic rings. The number of aromatic nitrogens is 2. The Balaban J connectivity index is 1.38. The number of para-hydroxylation sites is 1. The van der Waals surface area contributed by atoms with Crippen LogP contribution in [0.2, 0.25) is 5.02 Å². The van der Waals surface area contributed by atoms with Gasteiger partial charge < -0.3 is 10.3 Å². The van der Waals surface area contributed by atoms with Gasteiger partial charge in [-0.3, -0.25) is 9.59 Å². The number of nitrogens with one attached hydrogen (secondary N) is 2. The zero-order valence-electron chi connectivity index (χ0n) is 19.3. The third kappa shape index (κ3) is 4.96. The molecule has 0 aliphatic carbocycles. The third-order valence-corrected chi connectivity index (χ3v) is 6.34. The highest BCUT2D eigenvalue weighted by molar-refractivity contribution is 6.31. The van der Waals surface area contributed by atoms with Gasteiger partial charge in [-0.05, 0) is 67.8 Å². The molecule has 0 bridgehead atoms. The summed E-state index contributed by atoms with van der Waals surface area (Å²) < 4.78 is 0. The second-order valence-corrected chi connectivity index (χ2v) is 9.03. The standard InChI is InChI=1S/C29H24ClN3O2/c1-18(34)20-7-4-8-22(16-20)31-28(35)11-5-9-23-24-17-21(30)13-15-26(24)33-29(23)27-14-12-19-6-2-3-10-25(19)32-27/h2-4,6-8,10,12-17,33H,5,9,11H2,1H3,(H,31,35). The molecule has 0 radical (unpaired) electrons. The van der Waals surface area contributed by atoms with Crippen LogP contribution in [0, 0.1) is 0 Å². The quantitative estimate of drug-likeness (QED) is 0.241. The number of Topliss-reactive ketones (excluding diaryl/α,β-unsaturated/α-hetero) is 1. The summed E-state index contributed by atoms with van der Waals surface area (Å²) in [6.45, 7) is 1.51. The first kappa shape index (κ1) is 22.8. The molecule has 35 heavy (non-hydrogen) atoms. The van der Waals surface area contributed by atoms with Gasteiger partial charge in [0.1, 0.15) is 0 Å². The molecule has 0 atom stereocenters. The Hall–Kier alpha value is -3.96. The monoisotopic (exact) mass is 481 g/mol. The zero-order chi connectivity index (χ0) is 24.4. The van der Waals surface area contributed by atoms with Gasteiger partial charge in [0.15, 0.2) is 5.78 Å². The van der Waals surface area contributed by atoms with Crippen molar-refractivity contribution >= 4 is 50.8 Å². The van der Waals surface area contributed by atoms with Gasteiger partial charge in [0.05, 0.1) is 16.9 Å². The summed E-state index contributed by atoms with van der Waals surface area (Å²) in [4.78, 5) is 32.6. The van der Waals surface area contributed by atoms with E-state index in [2.05, 4.69) is 16.4 Å². The van der Waals surface area contributed by atoms with Crippen molar-refractivity contribution < 1.29 is 9.59 Å². The van der Waals surface area contributed by atoms with E-state index in [0.717, 1.165) is 38.8 Å². The Morgan fingerprint density at radius 2 is 1.83 bits per heavy atom. The van der Waals surface area contributed by atoms with Gasteiger partial charge in [0.2, 0.25) is 5.91 Å². The second-order valence-electron chi connectivity index (χ2n) is 8.60. The number of hydrogen-bond acceptors (Lipinski definition) is 3. The lowest BCUT2D eigenvalue weighted by Crippen LogP contribution is -2.12. The Kier molecular flexibility index (Phi) is 6.34. The molecule has 2 heterocycles. The van der Waals surface area contributed by atoms with Crippen molar-refractivity contribution in [1.82, 2.24) is 9.97 Å². The van der Waals surface area contributed by atoms with Gasteiger partial charge in [-0.2, -0.15) is 0 Å².